The maximum atomic E-state index is 13.4. The van der Waals surface area contributed by atoms with Crippen molar-refractivity contribution in [2.75, 3.05) is 5.73 Å². The second kappa shape index (κ2) is 3.57. The van der Waals surface area contributed by atoms with Crippen LogP contribution in [0, 0.1) is 5.82 Å². The van der Waals surface area contributed by atoms with Gasteiger partial charge in [-0.15, -0.1) is 0 Å². The standard InChI is InChI=1S/C11H9FN2O/c12-10-2-1-8(13)6-9(10)7-3-4-14-11(15)5-7/h1-6H,13H2,(H,14,15). The van der Waals surface area contributed by atoms with Gasteiger partial charge in [0.05, 0.1) is 0 Å². The van der Waals surface area contributed by atoms with Crippen molar-refractivity contribution in [2.45, 2.75) is 0 Å². The second-order valence-corrected chi connectivity index (χ2v) is 3.18. The van der Waals surface area contributed by atoms with Gasteiger partial charge in [0.2, 0.25) is 5.56 Å². The number of nitrogen functional groups attached to an aromatic ring is 1. The third-order valence-corrected chi connectivity index (χ3v) is 2.08. The Hall–Kier alpha value is -2.10. The van der Waals surface area contributed by atoms with Crippen LogP contribution in [0.4, 0.5) is 10.1 Å². The molecule has 1 aromatic carbocycles. The molecule has 0 radical (unpaired) electrons. The van der Waals surface area contributed by atoms with Crippen LogP contribution in [-0.4, -0.2) is 4.98 Å². The number of anilines is 1. The number of hydrogen-bond acceptors (Lipinski definition) is 2. The summed E-state index contributed by atoms with van der Waals surface area (Å²) in [6.07, 6.45) is 1.47. The highest BCUT2D eigenvalue weighted by atomic mass is 19.1. The summed E-state index contributed by atoms with van der Waals surface area (Å²) in [6, 6.07) is 7.22. The highest BCUT2D eigenvalue weighted by Crippen LogP contribution is 2.23. The van der Waals surface area contributed by atoms with Gasteiger partial charge in [-0.05, 0) is 29.8 Å². The SMILES string of the molecule is Nc1ccc(F)c(-c2cc[nH]c(=O)c2)c1. The van der Waals surface area contributed by atoms with E-state index in [0.29, 0.717) is 16.8 Å². The summed E-state index contributed by atoms with van der Waals surface area (Å²) in [4.78, 5) is 13.5. The van der Waals surface area contributed by atoms with Crippen molar-refractivity contribution >= 4 is 5.69 Å². The van der Waals surface area contributed by atoms with Gasteiger partial charge >= 0.3 is 0 Å². The third-order valence-electron chi connectivity index (χ3n) is 2.08. The summed E-state index contributed by atoms with van der Waals surface area (Å²) in [6.45, 7) is 0. The Morgan fingerprint density at radius 3 is 2.73 bits per heavy atom. The van der Waals surface area contributed by atoms with Gasteiger partial charge in [0.25, 0.3) is 0 Å². The van der Waals surface area contributed by atoms with Crippen molar-refractivity contribution in [2.24, 2.45) is 0 Å². The number of aromatic amines is 1. The normalized spacial score (nSPS) is 10.2. The zero-order valence-electron chi connectivity index (χ0n) is 7.83. The number of H-pyrrole nitrogens is 1. The molecule has 0 unspecified atom stereocenters. The molecule has 0 aliphatic carbocycles. The molecule has 0 saturated heterocycles. The van der Waals surface area contributed by atoms with Crippen molar-refractivity contribution in [1.82, 2.24) is 4.98 Å². The van der Waals surface area contributed by atoms with E-state index in [1.807, 2.05) is 0 Å². The molecule has 76 valence electrons. The van der Waals surface area contributed by atoms with Crippen LogP contribution in [0.3, 0.4) is 0 Å². The van der Waals surface area contributed by atoms with Crippen LogP contribution < -0.4 is 11.3 Å². The first kappa shape index (κ1) is 9.45. The van der Waals surface area contributed by atoms with Crippen molar-refractivity contribution in [3.05, 3.63) is 52.7 Å². The molecule has 2 aromatic rings. The van der Waals surface area contributed by atoms with E-state index in [9.17, 15) is 9.18 Å². The Morgan fingerprint density at radius 2 is 2.00 bits per heavy atom. The molecule has 0 aliphatic rings. The first-order chi connectivity index (χ1) is 7.16. The minimum absolute atomic E-state index is 0.269. The van der Waals surface area contributed by atoms with Gasteiger partial charge in [-0.2, -0.15) is 0 Å². The van der Waals surface area contributed by atoms with E-state index >= 15 is 0 Å². The van der Waals surface area contributed by atoms with Crippen molar-refractivity contribution in [1.29, 1.82) is 0 Å². The minimum Gasteiger partial charge on any atom is -0.399 e. The van der Waals surface area contributed by atoms with E-state index in [4.69, 9.17) is 5.73 Å². The molecule has 3 nitrogen and oxygen atoms in total. The fourth-order valence-electron chi connectivity index (χ4n) is 1.38. The Morgan fingerprint density at radius 1 is 1.20 bits per heavy atom. The van der Waals surface area contributed by atoms with Gasteiger partial charge in [-0.3, -0.25) is 4.79 Å². The molecular formula is C11H9FN2O. The molecule has 0 spiro atoms. The molecule has 0 bridgehead atoms. The Kier molecular flexibility index (Phi) is 2.25. The molecule has 4 heteroatoms. The summed E-state index contributed by atoms with van der Waals surface area (Å²) >= 11 is 0. The predicted octanol–water partition coefficient (Wildman–Crippen LogP) is 1.76. The number of nitrogens with two attached hydrogens (primary N) is 1. The molecule has 1 heterocycles. The molecule has 3 N–H and O–H groups in total. The molecule has 1 aromatic heterocycles. The molecule has 15 heavy (non-hydrogen) atoms. The van der Waals surface area contributed by atoms with Crippen LogP contribution in [0.15, 0.2) is 41.3 Å². The topological polar surface area (TPSA) is 58.9 Å². The number of hydrogen-bond donors (Lipinski definition) is 2. The summed E-state index contributed by atoms with van der Waals surface area (Å²) in [5.74, 6) is -0.394. The average molecular weight is 204 g/mol. The summed E-state index contributed by atoms with van der Waals surface area (Å²) in [5, 5.41) is 0. The van der Waals surface area contributed by atoms with Crippen LogP contribution in [-0.2, 0) is 0 Å². The van der Waals surface area contributed by atoms with Crippen LogP contribution in [0.2, 0.25) is 0 Å². The lowest BCUT2D eigenvalue weighted by Crippen LogP contribution is -2.02. The van der Waals surface area contributed by atoms with Gasteiger partial charge < -0.3 is 10.7 Å². The quantitative estimate of drug-likeness (QED) is 0.695. The van der Waals surface area contributed by atoms with Gasteiger partial charge in [0, 0.05) is 23.5 Å². The molecular weight excluding hydrogens is 195 g/mol. The zero-order chi connectivity index (χ0) is 10.8. The number of halogens is 1. The first-order valence-electron chi connectivity index (χ1n) is 4.41. The second-order valence-electron chi connectivity index (χ2n) is 3.18. The van der Waals surface area contributed by atoms with E-state index < -0.39 is 5.82 Å². The molecule has 0 fully saturated rings. The van der Waals surface area contributed by atoms with Gasteiger partial charge in [0.1, 0.15) is 5.82 Å². The molecule has 0 amide bonds. The molecule has 0 aliphatic heterocycles. The lowest BCUT2D eigenvalue weighted by molar-refractivity contribution is 0.631. The van der Waals surface area contributed by atoms with E-state index in [1.165, 1.54) is 30.5 Å². The number of nitrogens with one attached hydrogen (secondary N) is 1. The fraction of sp³-hybridized carbons (Fsp3) is 0. The Bertz CT molecular complexity index is 548. The van der Waals surface area contributed by atoms with Crippen LogP contribution in [0.1, 0.15) is 0 Å². The van der Waals surface area contributed by atoms with Gasteiger partial charge in [0.15, 0.2) is 0 Å². The number of rotatable bonds is 1. The van der Waals surface area contributed by atoms with E-state index in [-0.39, 0.29) is 5.56 Å². The zero-order valence-corrected chi connectivity index (χ0v) is 7.83. The summed E-state index contributed by atoms with van der Waals surface area (Å²) in [7, 11) is 0. The van der Waals surface area contributed by atoms with Gasteiger partial charge in [-0.25, -0.2) is 4.39 Å². The maximum Gasteiger partial charge on any atom is 0.248 e. The number of benzene rings is 1. The van der Waals surface area contributed by atoms with Crippen LogP contribution in [0.5, 0.6) is 0 Å². The molecule has 0 saturated carbocycles. The van der Waals surface area contributed by atoms with Crippen LogP contribution >= 0.6 is 0 Å². The lowest BCUT2D eigenvalue weighted by atomic mass is 10.1. The monoisotopic (exact) mass is 204 g/mol. The highest BCUT2D eigenvalue weighted by molar-refractivity contribution is 5.67. The smallest absolute Gasteiger partial charge is 0.248 e. The summed E-state index contributed by atoms with van der Waals surface area (Å²) < 4.78 is 13.4. The Balaban J connectivity index is 2.63. The first-order valence-corrected chi connectivity index (χ1v) is 4.41. The predicted molar refractivity (Wildman–Crippen MR) is 56.9 cm³/mol. The van der Waals surface area contributed by atoms with E-state index in [1.54, 1.807) is 6.07 Å². The average Bonchev–Trinajstić information content (AvgIpc) is 2.22. The van der Waals surface area contributed by atoms with Crippen molar-refractivity contribution in [3.8, 4) is 11.1 Å². The van der Waals surface area contributed by atoms with Crippen molar-refractivity contribution < 1.29 is 4.39 Å². The fourth-order valence-corrected chi connectivity index (χ4v) is 1.38. The lowest BCUT2D eigenvalue weighted by Gasteiger charge is -2.03. The maximum absolute atomic E-state index is 13.4. The third kappa shape index (κ3) is 1.88. The molecule has 2 rings (SSSR count). The summed E-state index contributed by atoms with van der Waals surface area (Å²) in [5.41, 5.74) is 6.60. The number of aromatic nitrogens is 1. The largest absolute Gasteiger partial charge is 0.399 e. The minimum atomic E-state index is -0.394. The number of pyridine rings is 1. The van der Waals surface area contributed by atoms with E-state index in [0.717, 1.165) is 0 Å². The van der Waals surface area contributed by atoms with Gasteiger partial charge in [-0.1, -0.05) is 0 Å². The highest BCUT2D eigenvalue weighted by Gasteiger charge is 2.05. The van der Waals surface area contributed by atoms with Crippen molar-refractivity contribution in [3.63, 3.8) is 0 Å². The Labute approximate surface area is 85.4 Å². The molecule has 0 atom stereocenters. The van der Waals surface area contributed by atoms with E-state index in [2.05, 4.69) is 4.98 Å². The van der Waals surface area contributed by atoms with Crippen LogP contribution in [0.25, 0.3) is 11.1 Å².